The molecule has 0 amide bonds. The summed E-state index contributed by atoms with van der Waals surface area (Å²) in [7, 11) is 0. The number of nitrogens with zero attached hydrogens (tertiary/aromatic N) is 1. The fourth-order valence-electron chi connectivity index (χ4n) is 3.47. The third kappa shape index (κ3) is 6.00. The van der Waals surface area contributed by atoms with Crippen LogP contribution in [0.3, 0.4) is 0 Å². The zero-order valence-corrected chi connectivity index (χ0v) is 19.1. The van der Waals surface area contributed by atoms with Crippen LogP contribution in [0.25, 0.3) is 11.1 Å². The average molecular weight is 460 g/mol. The first-order valence-corrected chi connectivity index (χ1v) is 11.1. The van der Waals surface area contributed by atoms with Gasteiger partial charge in [-0.15, -0.1) is 11.8 Å². The molecule has 1 aromatic carbocycles. The van der Waals surface area contributed by atoms with E-state index in [2.05, 4.69) is 4.98 Å². The number of hydrogen-bond acceptors (Lipinski definition) is 9. The summed E-state index contributed by atoms with van der Waals surface area (Å²) in [6.07, 6.45) is -0.996. The van der Waals surface area contributed by atoms with Gasteiger partial charge in [0.25, 0.3) is 0 Å². The van der Waals surface area contributed by atoms with Crippen LogP contribution in [0.4, 0.5) is 0 Å². The molecule has 1 aliphatic rings. The molecular weight excluding hydrogens is 434 g/mol. The zero-order chi connectivity index (χ0) is 23.3. The Labute approximate surface area is 190 Å². The van der Waals surface area contributed by atoms with Crippen LogP contribution < -0.4 is 4.74 Å². The van der Waals surface area contributed by atoms with Gasteiger partial charge < -0.3 is 18.9 Å². The van der Waals surface area contributed by atoms with E-state index in [0.29, 0.717) is 11.5 Å². The van der Waals surface area contributed by atoms with Gasteiger partial charge in [0.05, 0.1) is 0 Å². The summed E-state index contributed by atoms with van der Waals surface area (Å²) in [5, 5.41) is 0. The molecule has 8 nitrogen and oxygen atoms in total. The fraction of sp³-hybridized carbons (Fsp3) is 0.391. The van der Waals surface area contributed by atoms with Gasteiger partial charge in [-0.2, -0.15) is 0 Å². The lowest BCUT2D eigenvalue weighted by atomic mass is 10.0. The highest BCUT2D eigenvalue weighted by molar-refractivity contribution is 7.99. The number of esters is 3. The van der Waals surface area contributed by atoms with Crippen molar-refractivity contribution in [2.45, 2.75) is 51.4 Å². The van der Waals surface area contributed by atoms with E-state index in [1.807, 2.05) is 37.3 Å². The molecule has 0 unspecified atom stereocenters. The molecule has 32 heavy (non-hydrogen) atoms. The molecular formula is C23H25NO7S. The van der Waals surface area contributed by atoms with Crippen molar-refractivity contribution in [1.82, 2.24) is 4.98 Å². The van der Waals surface area contributed by atoms with Gasteiger partial charge in [0, 0.05) is 44.0 Å². The van der Waals surface area contributed by atoms with Crippen molar-refractivity contribution in [3.63, 3.8) is 0 Å². The maximum atomic E-state index is 11.8. The van der Waals surface area contributed by atoms with Crippen molar-refractivity contribution in [3.05, 3.63) is 48.3 Å². The summed E-state index contributed by atoms with van der Waals surface area (Å²) in [6.45, 7) is 5.70. The molecule has 1 aliphatic heterocycles. The van der Waals surface area contributed by atoms with E-state index in [1.54, 1.807) is 12.3 Å². The first-order valence-electron chi connectivity index (χ1n) is 10.1. The number of aromatic nitrogens is 1. The second-order valence-corrected chi connectivity index (χ2v) is 8.41. The zero-order valence-electron chi connectivity index (χ0n) is 18.3. The number of carbonyl (C=O) groups is 3. The van der Waals surface area contributed by atoms with Crippen molar-refractivity contribution in [2.24, 2.45) is 0 Å². The molecule has 170 valence electrons. The van der Waals surface area contributed by atoms with Crippen LogP contribution in [-0.2, 0) is 28.6 Å². The summed E-state index contributed by atoms with van der Waals surface area (Å²) >= 11 is 1.31. The van der Waals surface area contributed by atoms with Crippen molar-refractivity contribution < 1.29 is 33.3 Å². The number of ether oxygens (including phenoxy) is 4. The monoisotopic (exact) mass is 459 g/mol. The molecule has 0 N–H and O–H groups in total. The Morgan fingerprint density at radius 2 is 1.62 bits per heavy atom. The molecule has 2 aromatic rings. The topological polar surface area (TPSA) is 101 Å². The quantitative estimate of drug-likeness (QED) is 0.476. The lowest BCUT2D eigenvalue weighted by molar-refractivity contribution is -0.186. The highest BCUT2D eigenvalue weighted by Crippen LogP contribution is 2.35. The minimum absolute atomic E-state index is 0.307. The van der Waals surface area contributed by atoms with Crippen molar-refractivity contribution in [2.75, 3.05) is 5.75 Å². The Morgan fingerprint density at radius 3 is 2.28 bits per heavy atom. The van der Waals surface area contributed by atoms with Gasteiger partial charge in [0.15, 0.2) is 23.7 Å². The molecule has 1 saturated heterocycles. The third-order valence-electron chi connectivity index (χ3n) is 4.71. The molecule has 3 rings (SSSR count). The molecule has 1 aromatic heterocycles. The third-order valence-corrected chi connectivity index (χ3v) is 5.92. The predicted octanol–water partition coefficient (Wildman–Crippen LogP) is 3.30. The van der Waals surface area contributed by atoms with Crippen LogP contribution in [0.1, 0.15) is 26.5 Å². The minimum Gasteiger partial charge on any atom is -0.476 e. The van der Waals surface area contributed by atoms with Gasteiger partial charge in [-0.25, -0.2) is 0 Å². The van der Waals surface area contributed by atoms with E-state index in [-0.39, 0.29) is 0 Å². The lowest BCUT2D eigenvalue weighted by Crippen LogP contribution is -2.55. The van der Waals surface area contributed by atoms with Crippen LogP contribution in [0, 0.1) is 6.92 Å². The second-order valence-electron chi connectivity index (χ2n) is 7.28. The maximum absolute atomic E-state index is 11.8. The Kier molecular flexibility index (Phi) is 7.74. The smallest absolute Gasteiger partial charge is 0.303 e. The number of carbonyl (C=O) groups excluding carboxylic acids is 3. The number of thioether (sulfide) groups is 1. The standard InChI is InChI=1S/C23H25NO7S/c1-13-19(9-6-10-24-13)17-7-5-8-18(11-17)31-23-22(30-16(4)27)21(29-15(3)26)20(12-32-23)28-14(2)25/h5-11,20-23H,12H2,1-4H3/t20-,21+,22-,23-/m1/s1. The Balaban J connectivity index is 1.88. The average Bonchev–Trinajstić information content (AvgIpc) is 2.72. The van der Waals surface area contributed by atoms with Gasteiger partial charge >= 0.3 is 17.9 Å². The maximum Gasteiger partial charge on any atom is 0.303 e. The van der Waals surface area contributed by atoms with Gasteiger partial charge in [0.2, 0.25) is 0 Å². The van der Waals surface area contributed by atoms with Gasteiger partial charge in [-0.3, -0.25) is 19.4 Å². The fourth-order valence-corrected chi connectivity index (χ4v) is 4.69. The number of rotatable bonds is 6. The number of hydrogen-bond donors (Lipinski definition) is 0. The molecule has 0 aliphatic carbocycles. The van der Waals surface area contributed by atoms with Crippen LogP contribution in [0.15, 0.2) is 42.6 Å². The summed E-state index contributed by atoms with van der Waals surface area (Å²) in [5.74, 6) is -0.809. The van der Waals surface area contributed by atoms with E-state index in [0.717, 1.165) is 16.8 Å². The van der Waals surface area contributed by atoms with Gasteiger partial charge in [-0.05, 0) is 30.7 Å². The summed E-state index contributed by atoms with van der Waals surface area (Å²) < 4.78 is 22.4. The lowest BCUT2D eigenvalue weighted by Gasteiger charge is -2.39. The second kappa shape index (κ2) is 10.5. The van der Waals surface area contributed by atoms with E-state index in [4.69, 9.17) is 18.9 Å². The summed E-state index contributed by atoms with van der Waals surface area (Å²) in [6, 6.07) is 11.3. The van der Waals surface area contributed by atoms with E-state index < -0.39 is 41.7 Å². The van der Waals surface area contributed by atoms with Crippen LogP contribution in [-0.4, -0.2) is 52.4 Å². The van der Waals surface area contributed by atoms with E-state index >= 15 is 0 Å². The largest absolute Gasteiger partial charge is 0.476 e. The van der Waals surface area contributed by atoms with Crippen LogP contribution in [0.2, 0.25) is 0 Å². The van der Waals surface area contributed by atoms with Crippen molar-refractivity contribution in [1.29, 1.82) is 0 Å². The van der Waals surface area contributed by atoms with Gasteiger partial charge in [-0.1, -0.05) is 18.2 Å². The molecule has 0 saturated carbocycles. The van der Waals surface area contributed by atoms with Crippen LogP contribution in [0.5, 0.6) is 5.75 Å². The first kappa shape index (κ1) is 23.6. The van der Waals surface area contributed by atoms with Crippen LogP contribution >= 0.6 is 11.8 Å². The molecule has 2 heterocycles. The molecule has 1 fully saturated rings. The van der Waals surface area contributed by atoms with E-state index in [9.17, 15) is 14.4 Å². The van der Waals surface area contributed by atoms with Crippen molar-refractivity contribution >= 4 is 29.7 Å². The molecule has 9 heteroatoms. The number of pyridine rings is 1. The molecule has 0 bridgehead atoms. The highest BCUT2D eigenvalue weighted by Gasteiger charge is 2.47. The normalized spacial score (nSPS) is 22.5. The van der Waals surface area contributed by atoms with E-state index in [1.165, 1.54) is 32.5 Å². The molecule has 0 spiro atoms. The highest BCUT2D eigenvalue weighted by atomic mass is 32.2. The Hall–Kier alpha value is -3.07. The minimum atomic E-state index is -0.990. The summed E-state index contributed by atoms with van der Waals surface area (Å²) in [4.78, 5) is 39.4. The van der Waals surface area contributed by atoms with Gasteiger partial charge in [0.1, 0.15) is 5.75 Å². The van der Waals surface area contributed by atoms with Crippen molar-refractivity contribution in [3.8, 4) is 16.9 Å². The number of benzene rings is 1. The molecule has 0 radical (unpaired) electrons. The Morgan fingerprint density at radius 1 is 0.938 bits per heavy atom. The number of aryl methyl sites for hydroxylation is 1. The predicted molar refractivity (Wildman–Crippen MR) is 118 cm³/mol. The Bertz CT molecular complexity index is 996. The first-order chi connectivity index (χ1) is 15.2. The SMILES string of the molecule is CC(=O)O[C@@H]1[C@@H](OC(C)=O)[C@H](OC(C)=O)CS[C@H]1Oc1cccc(-c2cccnc2C)c1. The molecule has 4 atom stereocenters. The summed E-state index contributed by atoms with van der Waals surface area (Å²) in [5.41, 5.74) is 2.10.